The highest BCUT2D eigenvalue weighted by Gasteiger charge is 2.62. The first-order valence-electron chi connectivity index (χ1n) is 8.39. The summed E-state index contributed by atoms with van der Waals surface area (Å²) in [4.78, 5) is 12.5. The van der Waals surface area contributed by atoms with Gasteiger partial charge in [0.05, 0.1) is 11.9 Å². The lowest BCUT2D eigenvalue weighted by Crippen LogP contribution is -2.75. The Labute approximate surface area is 149 Å². The van der Waals surface area contributed by atoms with E-state index in [2.05, 4.69) is 5.32 Å². The average molecular weight is 380 g/mol. The molecule has 0 bridgehead atoms. The highest BCUT2D eigenvalue weighted by atomic mass is 32.2. The molecule has 2 unspecified atom stereocenters. The first-order valence-corrected chi connectivity index (χ1v) is 11.2. The van der Waals surface area contributed by atoms with Crippen molar-refractivity contribution in [2.75, 3.05) is 43.5 Å². The summed E-state index contributed by atoms with van der Waals surface area (Å²) in [6.07, 6.45) is 0.406. The van der Waals surface area contributed by atoms with Gasteiger partial charge in [-0.1, -0.05) is 13.8 Å². The topological polar surface area (TPSA) is 102 Å². The molecule has 140 valence electrons. The van der Waals surface area contributed by atoms with Gasteiger partial charge >= 0.3 is 0 Å². The third kappa shape index (κ3) is 3.75. The normalized spacial score (nSPS) is 30.6. The average Bonchev–Trinajstić information content (AvgIpc) is 2.55. The summed E-state index contributed by atoms with van der Waals surface area (Å²) in [5, 5.41) is 2.71. The minimum atomic E-state index is -3.32. The fraction of sp³-hybridized carbons (Fsp3) is 0.933. The van der Waals surface area contributed by atoms with Crippen molar-refractivity contribution in [3.8, 4) is 0 Å². The van der Waals surface area contributed by atoms with Crippen molar-refractivity contribution < 1.29 is 17.9 Å². The van der Waals surface area contributed by atoms with Crippen LogP contribution in [0.4, 0.5) is 0 Å². The molecule has 9 heteroatoms. The van der Waals surface area contributed by atoms with Gasteiger partial charge in [0.25, 0.3) is 0 Å². The lowest BCUT2D eigenvalue weighted by atomic mass is 9.54. The number of carbonyl (C=O) groups excluding carboxylic acids is 1. The number of nitrogens with zero attached hydrogens (tertiary/aromatic N) is 1. The highest BCUT2D eigenvalue weighted by Crippen LogP contribution is 2.49. The molecule has 0 aromatic rings. The molecule has 2 fully saturated rings. The third-order valence-corrected chi connectivity index (χ3v) is 8.06. The van der Waals surface area contributed by atoms with Crippen molar-refractivity contribution in [2.45, 2.75) is 38.8 Å². The van der Waals surface area contributed by atoms with Crippen LogP contribution in [0.25, 0.3) is 0 Å². The number of sulfonamides is 1. The maximum atomic E-state index is 12.5. The van der Waals surface area contributed by atoms with Gasteiger partial charge in [-0.2, -0.15) is 11.8 Å². The van der Waals surface area contributed by atoms with Gasteiger partial charge in [-0.3, -0.25) is 4.79 Å². The molecule has 2 rings (SSSR count). The molecule has 7 nitrogen and oxygen atoms in total. The predicted molar refractivity (Wildman–Crippen MR) is 96.4 cm³/mol. The molecule has 0 radical (unpaired) electrons. The van der Waals surface area contributed by atoms with E-state index in [0.717, 1.165) is 11.5 Å². The molecule has 0 aromatic carbocycles. The molecule has 2 aliphatic rings. The van der Waals surface area contributed by atoms with E-state index in [-0.39, 0.29) is 24.3 Å². The zero-order chi connectivity index (χ0) is 18.0. The summed E-state index contributed by atoms with van der Waals surface area (Å²) in [6, 6.07) is 0. The van der Waals surface area contributed by atoms with Crippen LogP contribution < -0.4 is 11.1 Å². The van der Waals surface area contributed by atoms with Gasteiger partial charge in [-0.25, -0.2) is 12.7 Å². The monoisotopic (exact) mass is 379 g/mol. The van der Waals surface area contributed by atoms with E-state index in [1.165, 1.54) is 4.31 Å². The fourth-order valence-electron chi connectivity index (χ4n) is 3.23. The van der Waals surface area contributed by atoms with Crippen LogP contribution in [0.5, 0.6) is 0 Å². The van der Waals surface area contributed by atoms with E-state index in [1.54, 1.807) is 11.8 Å². The number of nitrogens with one attached hydrogen (secondary N) is 1. The Balaban J connectivity index is 1.85. The Hall–Kier alpha value is -0.350. The minimum Gasteiger partial charge on any atom is -0.378 e. The van der Waals surface area contributed by atoms with E-state index in [9.17, 15) is 13.2 Å². The first-order chi connectivity index (χ1) is 11.1. The predicted octanol–water partition coefficient (Wildman–Crippen LogP) is 0.0137. The quantitative estimate of drug-likeness (QED) is 0.646. The molecule has 0 spiro atoms. The third-order valence-electron chi connectivity index (χ3n) is 5.24. The van der Waals surface area contributed by atoms with Crippen molar-refractivity contribution in [3.05, 3.63) is 0 Å². The molecule has 1 saturated carbocycles. The largest absolute Gasteiger partial charge is 0.378 e. The molecule has 1 aliphatic heterocycles. The van der Waals surface area contributed by atoms with E-state index in [0.29, 0.717) is 26.1 Å². The summed E-state index contributed by atoms with van der Waals surface area (Å²) in [7, 11) is -3.32. The van der Waals surface area contributed by atoms with Crippen LogP contribution in [-0.4, -0.2) is 73.8 Å². The van der Waals surface area contributed by atoms with Crippen LogP contribution in [0.15, 0.2) is 0 Å². The van der Waals surface area contributed by atoms with Crippen LogP contribution >= 0.6 is 11.8 Å². The van der Waals surface area contributed by atoms with Gasteiger partial charge in [0.2, 0.25) is 15.9 Å². The Bertz CT molecular complexity index is 561. The molecule has 3 N–H and O–H groups in total. The molecule has 1 heterocycles. The van der Waals surface area contributed by atoms with Gasteiger partial charge in [0.15, 0.2) is 0 Å². The van der Waals surface area contributed by atoms with Crippen LogP contribution in [0, 0.1) is 5.41 Å². The first kappa shape index (κ1) is 20.0. The maximum absolute atomic E-state index is 12.5. The second-order valence-electron chi connectivity index (χ2n) is 6.92. The van der Waals surface area contributed by atoms with E-state index < -0.39 is 21.0 Å². The number of amides is 1. The number of hydrogen-bond donors (Lipinski definition) is 2. The summed E-state index contributed by atoms with van der Waals surface area (Å²) >= 11 is 1.76. The maximum Gasteiger partial charge on any atom is 0.240 e. The van der Waals surface area contributed by atoms with Crippen molar-refractivity contribution >= 4 is 27.7 Å². The van der Waals surface area contributed by atoms with Crippen molar-refractivity contribution in [3.63, 3.8) is 0 Å². The fourth-order valence-corrected chi connectivity index (χ4v) is 5.72. The summed E-state index contributed by atoms with van der Waals surface area (Å²) in [5.74, 6) is 1.26. The highest BCUT2D eigenvalue weighted by molar-refractivity contribution is 7.99. The number of rotatable bonds is 7. The smallest absolute Gasteiger partial charge is 0.240 e. The SMILES string of the molecule is CCOC1CC(N)(C(=O)NCCS(=O)(=O)N2CCSCC2)C1(C)C. The van der Waals surface area contributed by atoms with E-state index in [1.807, 2.05) is 20.8 Å². The van der Waals surface area contributed by atoms with Crippen LogP contribution in [0.1, 0.15) is 27.2 Å². The van der Waals surface area contributed by atoms with Crippen molar-refractivity contribution in [1.82, 2.24) is 9.62 Å². The van der Waals surface area contributed by atoms with E-state index >= 15 is 0 Å². The molecule has 24 heavy (non-hydrogen) atoms. The zero-order valence-electron chi connectivity index (χ0n) is 14.7. The number of thioether (sulfide) groups is 1. The van der Waals surface area contributed by atoms with Crippen molar-refractivity contribution in [1.29, 1.82) is 0 Å². The number of ether oxygens (including phenoxy) is 1. The number of nitrogens with two attached hydrogens (primary N) is 1. The van der Waals surface area contributed by atoms with Gasteiger partial charge in [-0.05, 0) is 6.92 Å². The summed E-state index contributed by atoms with van der Waals surface area (Å²) in [5.41, 5.74) is 4.79. The van der Waals surface area contributed by atoms with Crippen LogP contribution in [0.3, 0.4) is 0 Å². The Morgan fingerprint density at radius 1 is 1.38 bits per heavy atom. The Kier molecular flexibility index (Phi) is 6.23. The Morgan fingerprint density at radius 2 is 2.00 bits per heavy atom. The van der Waals surface area contributed by atoms with Gasteiger partial charge in [0.1, 0.15) is 5.54 Å². The summed E-state index contributed by atoms with van der Waals surface area (Å²) in [6.45, 7) is 7.50. The zero-order valence-corrected chi connectivity index (χ0v) is 16.3. The lowest BCUT2D eigenvalue weighted by molar-refractivity contribution is -0.170. The number of hydrogen-bond acceptors (Lipinski definition) is 6. The Morgan fingerprint density at radius 3 is 2.54 bits per heavy atom. The van der Waals surface area contributed by atoms with Crippen molar-refractivity contribution in [2.24, 2.45) is 11.1 Å². The summed E-state index contributed by atoms with van der Waals surface area (Å²) < 4.78 is 31.7. The second kappa shape index (κ2) is 7.49. The van der Waals surface area contributed by atoms with E-state index in [4.69, 9.17) is 10.5 Å². The minimum absolute atomic E-state index is 0.0483. The standard InChI is InChI=1S/C15H29N3O4S2/c1-4-22-12-11-15(16,14(12,2)3)13(19)17-5-10-24(20,21)18-6-8-23-9-7-18/h12H,4-11,16H2,1-3H3,(H,17,19). The van der Waals surface area contributed by atoms with Gasteiger partial charge < -0.3 is 15.8 Å². The second-order valence-corrected chi connectivity index (χ2v) is 10.2. The lowest BCUT2D eigenvalue weighted by Gasteiger charge is -2.57. The molecular formula is C15H29N3O4S2. The molecule has 1 amide bonds. The molecule has 1 aliphatic carbocycles. The van der Waals surface area contributed by atoms with Crippen LogP contribution in [0.2, 0.25) is 0 Å². The van der Waals surface area contributed by atoms with Gasteiger partial charge in [-0.15, -0.1) is 0 Å². The molecule has 1 saturated heterocycles. The van der Waals surface area contributed by atoms with Crippen LogP contribution in [-0.2, 0) is 19.6 Å². The molecule has 0 aromatic heterocycles. The molecule has 2 atom stereocenters. The number of carbonyl (C=O) groups is 1. The molecular weight excluding hydrogens is 350 g/mol. The van der Waals surface area contributed by atoms with Gasteiger partial charge in [0, 0.05) is 49.6 Å².